The Morgan fingerprint density at radius 1 is 1.29 bits per heavy atom. The molecule has 0 spiro atoms. The van der Waals surface area contributed by atoms with Gasteiger partial charge in [0.15, 0.2) is 5.78 Å². The largest absolute Gasteiger partial charge is 0.289 e. The molecule has 0 saturated carbocycles. The van der Waals surface area contributed by atoms with Crippen LogP contribution >= 0.6 is 11.3 Å². The molecule has 0 aliphatic carbocycles. The Morgan fingerprint density at radius 3 is 2.88 bits per heavy atom. The van der Waals surface area contributed by atoms with Gasteiger partial charge in [0.05, 0.1) is 11.6 Å². The molecule has 1 heterocycles. The van der Waals surface area contributed by atoms with Crippen LogP contribution in [0.1, 0.15) is 20.8 Å². The van der Waals surface area contributed by atoms with E-state index in [0.717, 1.165) is 4.88 Å². The van der Waals surface area contributed by atoms with Gasteiger partial charge in [-0.1, -0.05) is 18.2 Å². The number of ketones is 1. The quantitative estimate of drug-likeness (QED) is 0.607. The molecular formula is C14H9NOS. The zero-order valence-corrected chi connectivity index (χ0v) is 9.78. The fourth-order valence-corrected chi connectivity index (χ4v) is 2.00. The van der Waals surface area contributed by atoms with Gasteiger partial charge in [0.2, 0.25) is 0 Å². The summed E-state index contributed by atoms with van der Waals surface area (Å²) in [5.74, 6) is -0.0875. The molecule has 2 nitrogen and oxygen atoms in total. The maximum Gasteiger partial charge on any atom is 0.185 e. The lowest BCUT2D eigenvalue weighted by molar-refractivity contribution is 0.104. The van der Waals surface area contributed by atoms with Crippen molar-refractivity contribution in [2.75, 3.05) is 0 Å². The molecule has 1 aromatic heterocycles. The number of nitriles is 1. The topological polar surface area (TPSA) is 40.9 Å². The number of allylic oxidation sites excluding steroid dienone is 1. The van der Waals surface area contributed by atoms with E-state index < -0.39 is 0 Å². The van der Waals surface area contributed by atoms with Crippen LogP contribution in [-0.4, -0.2) is 5.78 Å². The molecule has 17 heavy (non-hydrogen) atoms. The molecule has 2 rings (SSSR count). The highest BCUT2D eigenvalue weighted by molar-refractivity contribution is 7.10. The highest BCUT2D eigenvalue weighted by Gasteiger charge is 2.02. The van der Waals surface area contributed by atoms with Crippen molar-refractivity contribution in [3.8, 4) is 6.07 Å². The third-order valence-corrected chi connectivity index (χ3v) is 3.06. The van der Waals surface area contributed by atoms with Gasteiger partial charge in [-0.25, -0.2) is 0 Å². The predicted octanol–water partition coefficient (Wildman–Crippen LogP) is 3.52. The Hall–Kier alpha value is -2.18. The van der Waals surface area contributed by atoms with Crippen LogP contribution in [0.3, 0.4) is 0 Å². The molecule has 0 radical (unpaired) electrons. The molecule has 2 aromatic rings. The molecule has 82 valence electrons. The number of benzene rings is 1. The Morgan fingerprint density at radius 2 is 2.18 bits per heavy atom. The molecule has 1 aromatic carbocycles. The lowest BCUT2D eigenvalue weighted by atomic mass is 10.1. The number of carbonyl (C=O) groups is 1. The first-order chi connectivity index (χ1) is 8.29. The lowest BCUT2D eigenvalue weighted by Gasteiger charge is -1.95. The first kappa shape index (κ1) is 11.3. The summed E-state index contributed by atoms with van der Waals surface area (Å²) in [5.41, 5.74) is 1.04. The second-order valence-electron chi connectivity index (χ2n) is 3.41. The Labute approximate surface area is 103 Å². The SMILES string of the molecule is N#Cc1cccc(C(=O)C=Cc2cccs2)c1. The zero-order chi connectivity index (χ0) is 12.1. The van der Waals surface area contributed by atoms with Gasteiger partial charge in [-0.05, 0) is 35.7 Å². The van der Waals surface area contributed by atoms with E-state index in [1.807, 2.05) is 23.6 Å². The smallest absolute Gasteiger partial charge is 0.185 e. The van der Waals surface area contributed by atoms with Crippen LogP contribution in [0.4, 0.5) is 0 Å². The summed E-state index contributed by atoms with van der Waals surface area (Å²) < 4.78 is 0. The van der Waals surface area contributed by atoms with Crippen molar-refractivity contribution in [2.24, 2.45) is 0 Å². The van der Waals surface area contributed by atoms with Crippen molar-refractivity contribution in [3.63, 3.8) is 0 Å². The van der Waals surface area contributed by atoms with E-state index in [9.17, 15) is 4.79 Å². The summed E-state index contributed by atoms with van der Waals surface area (Å²) in [6.45, 7) is 0. The van der Waals surface area contributed by atoms with Gasteiger partial charge in [-0.3, -0.25) is 4.79 Å². The minimum atomic E-state index is -0.0875. The molecule has 0 amide bonds. The van der Waals surface area contributed by atoms with Gasteiger partial charge in [0, 0.05) is 10.4 Å². The average Bonchev–Trinajstić information content (AvgIpc) is 2.89. The minimum absolute atomic E-state index is 0.0875. The van der Waals surface area contributed by atoms with Crippen molar-refractivity contribution >= 4 is 23.2 Å². The summed E-state index contributed by atoms with van der Waals surface area (Å²) in [6, 6.07) is 12.6. The summed E-state index contributed by atoms with van der Waals surface area (Å²) in [6.07, 6.45) is 3.31. The van der Waals surface area contributed by atoms with Crippen LogP contribution in [0.15, 0.2) is 47.9 Å². The Balaban J connectivity index is 2.18. The Kier molecular flexibility index (Phi) is 3.49. The Bertz CT molecular complexity index is 591. The molecule has 0 N–H and O–H groups in total. The molecular weight excluding hydrogens is 230 g/mol. The number of nitrogens with zero attached hydrogens (tertiary/aromatic N) is 1. The molecule has 3 heteroatoms. The van der Waals surface area contributed by atoms with Gasteiger partial charge in [0.1, 0.15) is 0 Å². The zero-order valence-electron chi connectivity index (χ0n) is 8.96. The second-order valence-corrected chi connectivity index (χ2v) is 4.38. The average molecular weight is 239 g/mol. The van der Waals surface area contributed by atoms with E-state index in [1.54, 1.807) is 41.7 Å². The number of hydrogen-bond donors (Lipinski definition) is 0. The van der Waals surface area contributed by atoms with E-state index in [2.05, 4.69) is 0 Å². The van der Waals surface area contributed by atoms with Crippen LogP contribution in [0.25, 0.3) is 6.08 Å². The van der Waals surface area contributed by atoms with Crippen molar-refractivity contribution in [3.05, 3.63) is 63.9 Å². The molecule has 0 atom stereocenters. The van der Waals surface area contributed by atoms with Crippen molar-refractivity contribution < 1.29 is 4.79 Å². The summed E-state index contributed by atoms with van der Waals surface area (Å²) >= 11 is 1.58. The predicted molar refractivity (Wildman–Crippen MR) is 68.8 cm³/mol. The van der Waals surface area contributed by atoms with Crippen molar-refractivity contribution in [2.45, 2.75) is 0 Å². The second kappa shape index (κ2) is 5.24. The van der Waals surface area contributed by atoms with Crippen molar-refractivity contribution in [1.29, 1.82) is 5.26 Å². The molecule has 0 unspecified atom stereocenters. The van der Waals surface area contributed by atoms with E-state index >= 15 is 0 Å². The summed E-state index contributed by atoms with van der Waals surface area (Å²) in [5, 5.41) is 10.7. The summed E-state index contributed by atoms with van der Waals surface area (Å²) in [4.78, 5) is 12.9. The maximum atomic E-state index is 11.8. The fourth-order valence-electron chi connectivity index (χ4n) is 1.38. The molecule has 0 fully saturated rings. The molecule has 0 aliphatic heterocycles. The standard InChI is InChI=1S/C14H9NOS/c15-10-11-3-1-4-12(9-11)14(16)7-6-13-5-2-8-17-13/h1-9H. The number of thiophene rings is 1. The van der Waals surface area contributed by atoms with E-state index in [4.69, 9.17) is 5.26 Å². The van der Waals surface area contributed by atoms with Gasteiger partial charge in [0.25, 0.3) is 0 Å². The highest BCUT2D eigenvalue weighted by Crippen LogP contribution is 2.12. The highest BCUT2D eigenvalue weighted by atomic mass is 32.1. The van der Waals surface area contributed by atoms with Crippen LogP contribution in [0.2, 0.25) is 0 Å². The van der Waals surface area contributed by atoms with E-state index in [1.165, 1.54) is 6.08 Å². The monoisotopic (exact) mass is 239 g/mol. The van der Waals surface area contributed by atoms with E-state index in [-0.39, 0.29) is 5.78 Å². The minimum Gasteiger partial charge on any atom is -0.289 e. The van der Waals surface area contributed by atoms with Crippen LogP contribution in [-0.2, 0) is 0 Å². The third kappa shape index (κ3) is 2.90. The maximum absolute atomic E-state index is 11.8. The molecule has 0 saturated heterocycles. The van der Waals surface area contributed by atoms with Gasteiger partial charge in [-0.2, -0.15) is 5.26 Å². The van der Waals surface area contributed by atoms with Gasteiger partial charge < -0.3 is 0 Å². The van der Waals surface area contributed by atoms with Gasteiger partial charge in [-0.15, -0.1) is 11.3 Å². The van der Waals surface area contributed by atoms with E-state index in [0.29, 0.717) is 11.1 Å². The third-order valence-electron chi connectivity index (χ3n) is 2.22. The van der Waals surface area contributed by atoms with Gasteiger partial charge >= 0.3 is 0 Å². The number of rotatable bonds is 3. The molecule has 0 aliphatic rings. The fraction of sp³-hybridized carbons (Fsp3) is 0. The first-order valence-electron chi connectivity index (χ1n) is 5.05. The lowest BCUT2D eigenvalue weighted by Crippen LogP contribution is -1.94. The number of hydrogen-bond acceptors (Lipinski definition) is 3. The van der Waals surface area contributed by atoms with Crippen LogP contribution in [0, 0.1) is 11.3 Å². The van der Waals surface area contributed by atoms with Crippen LogP contribution in [0.5, 0.6) is 0 Å². The summed E-state index contributed by atoms with van der Waals surface area (Å²) in [7, 11) is 0. The van der Waals surface area contributed by atoms with Crippen molar-refractivity contribution in [1.82, 2.24) is 0 Å². The van der Waals surface area contributed by atoms with Crippen LogP contribution < -0.4 is 0 Å². The number of carbonyl (C=O) groups excluding carboxylic acids is 1. The normalized spacial score (nSPS) is 10.3. The molecule has 0 bridgehead atoms. The first-order valence-corrected chi connectivity index (χ1v) is 5.93.